The first-order chi connectivity index (χ1) is 13.2. The highest BCUT2D eigenvalue weighted by atomic mass is 16.5. The van der Waals surface area contributed by atoms with Crippen LogP contribution in [0.25, 0.3) is 5.57 Å². The Labute approximate surface area is 156 Å². The summed E-state index contributed by atoms with van der Waals surface area (Å²) in [6, 6.07) is 9.74. The average molecular weight is 367 g/mol. The predicted octanol–water partition coefficient (Wildman–Crippen LogP) is 2.74. The quantitative estimate of drug-likeness (QED) is 0.844. The Balaban J connectivity index is 1.38. The molecule has 1 amide bonds. The molecule has 1 saturated heterocycles. The van der Waals surface area contributed by atoms with Crippen molar-refractivity contribution in [3.05, 3.63) is 53.2 Å². The fraction of sp³-hybridized carbons (Fsp3) is 0.400. The molecule has 1 aromatic heterocycles. The third-order valence-electron chi connectivity index (χ3n) is 4.90. The summed E-state index contributed by atoms with van der Waals surface area (Å²) in [7, 11) is 0. The van der Waals surface area contributed by atoms with Crippen LogP contribution in [0.3, 0.4) is 0 Å². The largest absolute Gasteiger partial charge is 0.368 e. The third kappa shape index (κ3) is 3.98. The molecule has 0 spiro atoms. The standard InChI is InChI=1S/C20H21N3O4/c24-16-9-8-14(13-5-2-1-3-6-13)15(16)11-19(25)21-12-18-22-20(27-23-18)17-7-4-10-26-17/h1-3,5-6,17H,4,7-12H2,(H,21,25)/t17-/m1/s1. The molecule has 7 heteroatoms. The fourth-order valence-corrected chi connectivity index (χ4v) is 3.51. The van der Waals surface area contributed by atoms with Gasteiger partial charge >= 0.3 is 0 Å². The maximum Gasteiger partial charge on any atom is 0.255 e. The summed E-state index contributed by atoms with van der Waals surface area (Å²) in [5.41, 5.74) is 2.58. The van der Waals surface area contributed by atoms with E-state index < -0.39 is 0 Å². The van der Waals surface area contributed by atoms with Crippen molar-refractivity contribution in [3.8, 4) is 0 Å². The number of ketones is 1. The van der Waals surface area contributed by atoms with Gasteiger partial charge in [0.15, 0.2) is 11.6 Å². The Bertz CT molecular complexity index is 866. The topological polar surface area (TPSA) is 94.3 Å². The van der Waals surface area contributed by atoms with Crippen LogP contribution in [0, 0.1) is 0 Å². The number of allylic oxidation sites excluding steroid dienone is 1. The molecule has 0 bridgehead atoms. The molecule has 2 aliphatic rings. The van der Waals surface area contributed by atoms with Gasteiger partial charge in [0.05, 0.1) is 13.0 Å². The van der Waals surface area contributed by atoms with Crippen molar-refractivity contribution in [2.75, 3.05) is 6.61 Å². The molecule has 2 aromatic rings. The average Bonchev–Trinajstić information content (AvgIpc) is 3.43. The zero-order chi connectivity index (χ0) is 18.6. The van der Waals surface area contributed by atoms with Crippen LogP contribution in [0.5, 0.6) is 0 Å². The number of amides is 1. The molecular formula is C20H21N3O4. The van der Waals surface area contributed by atoms with Gasteiger partial charge in [0.25, 0.3) is 5.89 Å². The molecule has 1 atom stereocenters. The van der Waals surface area contributed by atoms with E-state index in [1.54, 1.807) is 0 Å². The van der Waals surface area contributed by atoms with Crippen LogP contribution in [0.1, 0.15) is 55.5 Å². The van der Waals surface area contributed by atoms with E-state index in [1.165, 1.54) is 0 Å². The minimum Gasteiger partial charge on any atom is -0.368 e. The highest BCUT2D eigenvalue weighted by Crippen LogP contribution is 2.33. The summed E-state index contributed by atoms with van der Waals surface area (Å²) >= 11 is 0. The lowest BCUT2D eigenvalue weighted by Crippen LogP contribution is -2.24. The second-order valence-corrected chi connectivity index (χ2v) is 6.75. The number of carbonyl (C=O) groups excluding carboxylic acids is 2. The molecule has 27 heavy (non-hydrogen) atoms. The van der Waals surface area contributed by atoms with Crippen LogP contribution in [0.2, 0.25) is 0 Å². The highest BCUT2D eigenvalue weighted by Gasteiger charge is 2.26. The van der Waals surface area contributed by atoms with Gasteiger partial charge in [0.1, 0.15) is 6.10 Å². The molecule has 140 valence electrons. The maximum atomic E-state index is 12.3. The van der Waals surface area contributed by atoms with Gasteiger partial charge < -0.3 is 14.6 Å². The Kier molecular flexibility index (Phi) is 5.11. The Morgan fingerprint density at radius 2 is 2.07 bits per heavy atom. The summed E-state index contributed by atoms with van der Waals surface area (Å²) in [5, 5.41) is 6.65. The number of hydrogen-bond donors (Lipinski definition) is 1. The molecule has 4 rings (SSSR count). The molecule has 0 unspecified atom stereocenters. The number of benzene rings is 1. The van der Waals surface area contributed by atoms with E-state index in [0.29, 0.717) is 36.7 Å². The Hall–Kier alpha value is -2.80. The Morgan fingerprint density at radius 1 is 1.22 bits per heavy atom. The van der Waals surface area contributed by atoms with Crippen molar-refractivity contribution in [3.63, 3.8) is 0 Å². The number of Topliss-reactive ketones (excluding diaryl/α,β-unsaturated/α-hetero) is 1. The van der Waals surface area contributed by atoms with Crippen molar-refractivity contribution < 1.29 is 18.8 Å². The summed E-state index contributed by atoms with van der Waals surface area (Å²) in [4.78, 5) is 28.9. The van der Waals surface area contributed by atoms with Gasteiger partial charge in [0, 0.05) is 18.6 Å². The molecule has 2 heterocycles. The van der Waals surface area contributed by atoms with E-state index >= 15 is 0 Å². The highest BCUT2D eigenvalue weighted by molar-refractivity contribution is 6.10. The van der Waals surface area contributed by atoms with Crippen molar-refractivity contribution >= 4 is 17.3 Å². The van der Waals surface area contributed by atoms with Crippen LogP contribution >= 0.6 is 0 Å². The van der Waals surface area contributed by atoms with Crippen molar-refractivity contribution in [2.24, 2.45) is 0 Å². The number of rotatable bonds is 6. The first kappa shape index (κ1) is 17.6. The first-order valence-electron chi connectivity index (χ1n) is 9.22. The smallest absolute Gasteiger partial charge is 0.255 e. The molecule has 0 saturated carbocycles. The number of aromatic nitrogens is 2. The van der Waals surface area contributed by atoms with Gasteiger partial charge in [0.2, 0.25) is 5.91 Å². The van der Waals surface area contributed by atoms with Gasteiger partial charge in [-0.3, -0.25) is 9.59 Å². The number of ether oxygens (including phenoxy) is 1. The van der Waals surface area contributed by atoms with Crippen LogP contribution in [-0.4, -0.2) is 28.4 Å². The molecule has 0 radical (unpaired) electrons. The molecule has 1 aromatic carbocycles. The lowest BCUT2D eigenvalue weighted by molar-refractivity contribution is -0.122. The molecule has 1 fully saturated rings. The first-order valence-corrected chi connectivity index (χ1v) is 9.22. The van der Waals surface area contributed by atoms with Gasteiger partial charge in [-0.15, -0.1) is 0 Å². The fourth-order valence-electron chi connectivity index (χ4n) is 3.51. The molecule has 1 aliphatic carbocycles. The summed E-state index contributed by atoms with van der Waals surface area (Å²) in [6.45, 7) is 0.864. The minimum atomic E-state index is -0.225. The van der Waals surface area contributed by atoms with Gasteiger partial charge in [-0.1, -0.05) is 35.5 Å². The number of hydrogen-bond acceptors (Lipinski definition) is 6. The second kappa shape index (κ2) is 7.84. The number of nitrogens with zero attached hydrogens (tertiary/aromatic N) is 2. The zero-order valence-corrected chi connectivity index (χ0v) is 14.9. The number of nitrogens with one attached hydrogen (secondary N) is 1. The lowest BCUT2D eigenvalue weighted by Gasteiger charge is -2.07. The normalized spacial score (nSPS) is 19.7. The SMILES string of the molecule is O=C(CC1=C(c2ccccc2)CCC1=O)NCc1noc([C@H]2CCCO2)n1. The minimum absolute atomic E-state index is 0.0456. The second-order valence-electron chi connectivity index (χ2n) is 6.75. The van der Waals surface area contributed by atoms with Gasteiger partial charge in [-0.25, -0.2) is 0 Å². The Morgan fingerprint density at radius 3 is 2.85 bits per heavy atom. The summed E-state index contributed by atoms with van der Waals surface area (Å²) in [6.07, 6.45) is 2.92. The van der Waals surface area contributed by atoms with Crippen molar-refractivity contribution in [1.29, 1.82) is 0 Å². The van der Waals surface area contributed by atoms with Crippen LogP contribution in [0.15, 0.2) is 40.4 Å². The molecule has 1 aliphatic heterocycles. The van der Waals surface area contributed by atoms with Crippen LogP contribution in [0.4, 0.5) is 0 Å². The van der Waals surface area contributed by atoms with Gasteiger partial charge in [-0.05, 0) is 30.4 Å². The van der Waals surface area contributed by atoms with E-state index in [4.69, 9.17) is 9.26 Å². The van der Waals surface area contributed by atoms with E-state index in [1.807, 2.05) is 30.3 Å². The zero-order valence-electron chi connectivity index (χ0n) is 14.9. The maximum absolute atomic E-state index is 12.3. The van der Waals surface area contributed by atoms with Gasteiger partial charge in [-0.2, -0.15) is 4.98 Å². The van der Waals surface area contributed by atoms with Crippen molar-refractivity contribution in [1.82, 2.24) is 15.5 Å². The van der Waals surface area contributed by atoms with Crippen LogP contribution < -0.4 is 5.32 Å². The monoisotopic (exact) mass is 367 g/mol. The number of carbonyl (C=O) groups is 2. The lowest BCUT2D eigenvalue weighted by atomic mass is 10.00. The van der Waals surface area contributed by atoms with E-state index in [-0.39, 0.29) is 30.8 Å². The third-order valence-corrected chi connectivity index (χ3v) is 4.90. The van der Waals surface area contributed by atoms with E-state index in [2.05, 4.69) is 15.5 Å². The summed E-state index contributed by atoms with van der Waals surface area (Å²) < 4.78 is 10.7. The van der Waals surface area contributed by atoms with E-state index in [9.17, 15) is 9.59 Å². The summed E-state index contributed by atoms with van der Waals surface area (Å²) in [5.74, 6) is 0.682. The van der Waals surface area contributed by atoms with Crippen molar-refractivity contribution in [2.45, 2.75) is 44.8 Å². The molecule has 1 N–H and O–H groups in total. The van der Waals surface area contributed by atoms with E-state index in [0.717, 1.165) is 24.0 Å². The molecular weight excluding hydrogens is 346 g/mol. The predicted molar refractivity (Wildman–Crippen MR) is 96.3 cm³/mol. The molecule has 7 nitrogen and oxygen atoms in total. The van der Waals surface area contributed by atoms with Crippen LogP contribution in [-0.2, 0) is 20.9 Å².